The van der Waals surface area contributed by atoms with Crippen molar-refractivity contribution in [2.45, 2.75) is 26.4 Å². The molecule has 152 valence electrons. The summed E-state index contributed by atoms with van der Waals surface area (Å²) in [6.07, 6.45) is 0. The summed E-state index contributed by atoms with van der Waals surface area (Å²) in [6.45, 7) is 4.87. The molecule has 0 unspecified atom stereocenters. The quantitative estimate of drug-likeness (QED) is 0.376. The van der Waals surface area contributed by atoms with Gasteiger partial charge in [0.05, 0.1) is 0 Å². The van der Waals surface area contributed by atoms with Crippen molar-refractivity contribution in [3.8, 4) is 0 Å². The number of halogens is 6. The molecule has 2 aromatic carbocycles. The molecule has 1 N–H and O–H groups in total. The number of benzene rings is 2. The fourth-order valence-corrected chi connectivity index (χ4v) is 2.62. The molecule has 28 heavy (non-hydrogen) atoms. The van der Waals surface area contributed by atoms with E-state index < -0.39 is 51.9 Å². The van der Waals surface area contributed by atoms with Crippen LogP contribution < -0.4 is 0 Å². The van der Waals surface area contributed by atoms with Crippen LogP contribution in [-0.4, -0.2) is 22.6 Å². The molecule has 0 fully saturated rings. The zero-order valence-electron chi connectivity index (χ0n) is 14.7. The van der Waals surface area contributed by atoms with Crippen LogP contribution in [0.4, 0.5) is 17.6 Å². The van der Waals surface area contributed by atoms with Crippen molar-refractivity contribution in [1.29, 1.82) is 0 Å². The van der Waals surface area contributed by atoms with Crippen molar-refractivity contribution in [2.75, 3.05) is 0 Å². The Labute approximate surface area is 174 Å². The Kier molecular flexibility index (Phi) is 8.18. The van der Waals surface area contributed by atoms with E-state index >= 15 is 0 Å². The van der Waals surface area contributed by atoms with Crippen molar-refractivity contribution in [3.63, 3.8) is 0 Å². The molecule has 0 saturated heterocycles. The summed E-state index contributed by atoms with van der Waals surface area (Å²) in [6, 6.07) is 3.82. The van der Waals surface area contributed by atoms with Gasteiger partial charge in [-0.1, -0.05) is 31.9 Å². The maximum absolute atomic E-state index is 13.4. The third-order valence-corrected chi connectivity index (χ3v) is 3.75. The van der Waals surface area contributed by atoms with Gasteiger partial charge in [-0.05, 0) is 45.0 Å². The number of aromatic carboxylic acids is 1. The van der Waals surface area contributed by atoms with Gasteiger partial charge in [0.25, 0.3) is 0 Å². The van der Waals surface area contributed by atoms with E-state index in [0.717, 1.165) is 24.3 Å². The molecular weight excluding hydrogens is 516 g/mol. The first-order valence-electron chi connectivity index (χ1n) is 7.48. The molecule has 0 saturated carbocycles. The maximum atomic E-state index is 13.4. The number of hydrogen-bond acceptors (Lipinski definition) is 3. The van der Waals surface area contributed by atoms with E-state index in [1.165, 1.54) is 0 Å². The van der Waals surface area contributed by atoms with Crippen LogP contribution in [0.3, 0.4) is 0 Å². The smallest absolute Gasteiger partial charge is 0.344 e. The van der Waals surface area contributed by atoms with Crippen LogP contribution in [0, 0.1) is 23.3 Å². The molecule has 2 aromatic rings. The lowest BCUT2D eigenvalue weighted by molar-refractivity contribution is 0.00592. The van der Waals surface area contributed by atoms with E-state index in [0.29, 0.717) is 0 Å². The van der Waals surface area contributed by atoms with Gasteiger partial charge in [0.1, 0.15) is 40.0 Å². The fraction of sp³-hybridized carbons (Fsp3) is 0.222. The van der Waals surface area contributed by atoms with Gasteiger partial charge in [0, 0.05) is 8.95 Å². The molecule has 0 atom stereocenters. The molecule has 0 heterocycles. The number of carbonyl (C=O) groups excluding carboxylic acids is 1. The van der Waals surface area contributed by atoms with Crippen LogP contribution in [0.25, 0.3) is 0 Å². The van der Waals surface area contributed by atoms with Crippen LogP contribution in [0.1, 0.15) is 41.5 Å². The number of hydrogen-bond donors (Lipinski definition) is 1. The molecule has 0 aliphatic heterocycles. The lowest BCUT2D eigenvalue weighted by atomic mass is 10.1. The Morgan fingerprint density at radius 1 is 0.821 bits per heavy atom. The molecule has 0 aliphatic carbocycles. The molecule has 0 aromatic heterocycles. The first kappa shape index (κ1) is 24.1. The van der Waals surface area contributed by atoms with Gasteiger partial charge < -0.3 is 9.84 Å². The molecule has 0 bridgehead atoms. The Balaban J connectivity index is 0.000000292. The highest BCUT2D eigenvalue weighted by Gasteiger charge is 2.24. The zero-order chi connectivity index (χ0) is 21.8. The van der Waals surface area contributed by atoms with Gasteiger partial charge in [-0.3, -0.25) is 0 Å². The van der Waals surface area contributed by atoms with E-state index in [4.69, 9.17) is 9.84 Å². The molecule has 0 spiro atoms. The van der Waals surface area contributed by atoms with Crippen molar-refractivity contribution in [3.05, 3.63) is 67.6 Å². The average molecular weight is 530 g/mol. The van der Waals surface area contributed by atoms with E-state index in [-0.39, 0.29) is 8.95 Å². The SMILES string of the molecule is CC(C)(C)OC(=O)c1c(F)cc(Br)cc1F.O=C(O)c1c(F)cc(Br)cc1F. The minimum Gasteiger partial charge on any atom is -0.477 e. The molecule has 0 radical (unpaired) electrons. The van der Waals surface area contributed by atoms with Gasteiger partial charge >= 0.3 is 11.9 Å². The Morgan fingerprint density at radius 3 is 1.43 bits per heavy atom. The predicted octanol–water partition coefficient (Wildman–Crippen LogP) is 6.11. The summed E-state index contributed by atoms with van der Waals surface area (Å²) in [7, 11) is 0. The lowest BCUT2D eigenvalue weighted by Gasteiger charge is -2.19. The highest BCUT2D eigenvalue weighted by atomic mass is 79.9. The number of carboxylic acids is 1. The molecular formula is C18H14Br2F4O4. The van der Waals surface area contributed by atoms with E-state index in [1.807, 2.05) is 0 Å². The summed E-state index contributed by atoms with van der Waals surface area (Å²) >= 11 is 5.75. The van der Waals surface area contributed by atoms with Gasteiger partial charge in [0.15, 0.2) is 0 Å². The fourth-order valence-electron chi connectivity index (χ4n) is 1.81. The van der Waals surface area contributed by atoms with Crippen molar-refractivity contribution >= 4 is 43.8 Å². The van der Waals surface area contributed by atoms with Crippen molar-refractivity contribution in [2.24, 2.45) is 0 Å². The van der Waals surface area contributed by atoms with Gasteiger partial charge in [-0.2, -0.15) is 0 Å². The molecule has 0 amide bonds. The normalized spacial score (nSPS) is 10.8. The standard InChI is InChI=1S/C11H11BrF2O2.C7H3BrF2O2/c1-11(2,3)16-10(15)9-7(13)4-6(12)5-8(9)14;8-3-1-4(9)6(7(11)12)5(10)2-3/h4-5H,1-3H3;1-2H,(H,11,12). The van der Waals surface area contributed by atoms with E-state index in [1.54, 1.807) is 20.8 Å². The van der Waals surface area contributed by atoms with Crippen LogP contribution >= 0.6 is 31.9 Å². The van der Waals surface area contributed by atoms with E-state index in [2.05, 4.69) is 31.9 Å². The van der Waals surface area contributed by atoms with Gasteiger partial charge in [-0.15, -0.1) is 0 Å². The third-order valence-electron chi connectivity index (χ3n) is 2.83. The van der Waals surface area contributed by atoms with Crippen molar-refractivity contribution in [1.82, 2.24) is 0 Å². The minimum absolute atomic E-state index is 0.169. The molecule has 10 heteroatoms. The molecule has 0 aliphatic rings. The lowest BCUT2D eigenvalue weighted by Crippen LogP contribution is -2.25. The topological polar surface area (TPSA) is 63.6 Å². The van der Waals surface area contributed by atoms with Gasteiger partial charge in [-0.25, -0.2) is 27.2 Å². The zero-order valence-corrected chi connectivity index (χ0v) is 17.9. The second-order valence-electron chi connectivity index (χ2n) is 6.30. The number of rotatable bonds is 2. The maximum Gasteiger partial charge on any atom is 0.344 e. The summed E-state index contributed by atoms with van der Waals surface area (Å²) < 4.78 is 57.4. The average Bonchev–Trinajstić information content (AvgIpc) is 2.42. The summed E-state index contributed by atoms with van der Waals surface area (Å²) in [5.74, 6) is -6.68. The Morgan fingerprint density at radius 2 is 1.14 bits per heavy atom. The monoisotopic (exact) mass is 528 g/mol. The summed E-state index contributed by atoms with van der Waals surface area (Å²) in [5, 5.41) is 8.34. The van der Waals surface area contributed by atoms with Crippen LogP contribution in [-0.2, 0) is 4.74 Å². The summed E-state index contributed by atoms with van der Waals surface area (Å²) in [5.41, 5.74) is -2.39. The largest absolute Gasteiger partial charge is 0.477 e. The van der Waals surface area contributed by atoms with Crippen LogP contribution in [0.5, 0.6) is 0 Å². The van der Waals surface area contributed by atoms with E-state index in [9.17, 15) is 27.2 Å². The second-order valence-corrected chi connectivity index (χ2v) is 8.13. The molecule has 4 nitrogen and oxygen atoms in total. The molecule has 2 rings (SSSR count). The number of esters is 1. The Hall–Kier alpha value is -1.94. The van der Waals surface area contributed by atoms with Crippen molar-refractivity contribution < 1.29 is 37.0 Å². The number of ether oxygens (including phenoxy) is 1. The van der Waals surface area contributed by atoms with Crippen LogP contribution in [0.2, 0.25) is 0 Å². The van der Waals surface area contributed by atoms with Gasteiger partial charge in [0.2, 0.25) is 0 Å². The third kappa shape index (κ3) is 6.90. The number of carbonyl (C=O) groups is 2. The number of carboxylic acid groups (broad SMARTS) is 1. The summed E-state index contributed by atoms with van der Waals surface area (Å²) in [4.78, 5) is 21.8. The first-order valence-corrected chi connectivity index (χ1v) is 9.07. The Bertz CT molecular complexity index is 865. The minimum atomic E-state index is -1.61. The highest BCUT2D eigenvalue weighted by Crippen LogP contribution is 2.22. The highest BCUT2D eigenvalue weighted by molar-refractivity contribution is 9.10. The van der Waals surface area contributed by atoms with Crippen LogP contribution in [0.15, 0.2) is 33.2 Å². The second kappa shape index (κ2) is 9.51. The predicted molar refractivity (Wildman–Crippen MR) is 100 cm³/mol. The first-order chi connectivity index (χ1) is 12.7.